The molecule has 10 nitrogen and oxygen atoms in total. The van der Waals surface area contributed by atoms with E-state index in [4.69, 9.17) is 11.5 Å². The Balaban J connectivity index is 2.15. The van der Waals surface area contributed by atoms with Crippen molar-refractivity contribution in [3.63, 3.8) is 0 Å². The van der Waals surface area contributed by atoms with Gasteiger partial charge < -0.3 is 21.9 Å². The smallest absolute Gasteiger partial charge is 0.351 e. The van der Waals surface area contributed by atoms with E-state index in [1.54, 1.807) is 0 Å². The highest BCUT2D eigenvalue weighted by molar-refractivity contribution is 5.95. The summed E-state index contributed by atoms with van der Waals surface area (Å²) in [5.74, 6) is -0.265. The molecule has 2 aromatic heterocycles. The van der Waals surface area contributed by atoms with Crippen LogP contribution in [-0.2, 0) is 0 Å². The molecule has 2 aromatic rings. The minimum atomic E-state index is -0.921. The van der Waals surface area contributed by atoms with Gasteiger partial charge in [0, 0.05) is 12.7 Å². The van der Waals surface area contributed by atoms with Crippen molar-refractivity contribution in [3.05, 3.63) is 34.8 Å². The second-order valence-corrected chi connectivity index (χ2v) is 4.62. The van der Waals surface area contributed by atoms with Crippen molar-refractivity contribution in [2.45, 2.75) is 12.3 Å². The number of carbonyl (C=O) groups is 1. The molecule has 0 spiro atoms. The van der Waals surface area contributed by atoms with E-state index in [-0.39, 0.29) is 18.1 Å². The molecule has 0 aromatic carbocycles. The third kappa shape index (κ3) is 2.01. The molecule has 6 N–H and O–H groups in total. The summed E-state index contributed by atoms with van der Waals surface area (Å²) in [5, 5.41) is 13.0. The maximum atomic E-state index is 12.0. The number of aromatic nitrogens is 4. The highest BCUT2D eigenvalue weighted by Crippen LogP contribution is 2.27. The van der Waals surface area contributed by atoms with Gasteiger partial charge in [-0.25, -0.2) is 9.78 Å². The van der Waals surface area contributed by atoms with Gasteiger partial charge in [0.25, 0.3) is 5.91 Å². The summed E-state index contributed by atoms with van der Waals surface area (Å²) in [4.78, 5) is 30.8. The number of hydrogen-bond acceptors (Lipinski definition) is 7. The van der Waals surface area contributed by atoms with Gasteiger partial charge in [-0.15, -0.1) is 0 Å². The van der Waals surface area contributed by atoms with Crippen LogP contribution in [0, 0.1) is 0 Å². The van der Waals surface area contributed by atoms with E-state index in [2.05, 4.69) is 15.3 Å². The van der Waals surface area contributed by atoms with Crippen LogP contribution in [0.4, 0.5) is 11.6 Å². The molecule has 2 unspecified atom stereocenters. The number of β-amino-alcohol motifs (C(OH)–C–C–N with tert-alkyl or cyclic N) is 1. The van der Waals surface area contributed by atoms with E-state index in [0.717, 1.165) is 0 Å². The maximum absolute atomic E-state index is 12.0. The van der Waals surface area contributed by atoms with Gasteiger partial charge in [0.05, 0.1) is 6.33 Å². The number of imidazole rings is 1. The lowest BCUT2D eigenvalue weighted by atomic mass is 10.2. The third-order valence-corrected chi connectivity index (χ3v) is 3.27. The van der Waals surface area contributed by atoms with E-state index in [1.165, 1.54) is 27.7 Å². The normalized spacial score (nSPS) is 20.6. The number of hydrogen-bond donors (Lipinski definition) is 4. The molecule has 0 fully saturated rings. The van der Waals surface area contributed by atoms with Crippen LogP contribution < -0.4 is 22.5 Å². The van der Waals surface area contributed by atoms with Gasteiger partial charge in [-0.05, 0) is 6.07 Å². The number of primary amides is 1. The van der Waals surface area contributed by atoms with Gasteiger partial charge in [0.2, 0.25) is 0 Å². The summed E-state index contributed by atoms with van der Waals surface area (Å²) in [5.41, 5.74) is 10.1. The number of aliphatic hydroxyl groups is 1. The van der Waals surface area contributed by atoms with Crippen LogP contribution in [0.2, 0.25) is 0 Å². The number of fused-ring (bicyclic) bond motifs is 1. The van der Waals surface area contributed by atoms with Crippen LogP contribution in [-0.4, -0.2) is 42.8 Å². The molecule has 0 aliphatic carbocycles. The Morgan fingerprint density at radius 1 is 1.48 bits per heavy atom. The van der Waals surface area contributed by atoms with Gasteiger partial charge in [-0.3, -0.25) is 13.9 Å². The van der Waals surface area contributed by atoms with Gasteiger partial charge >= 0.3 is 5.69 Å². The summed E-state index contributed by atoms with van der Waals surface area (Å²) < 4.78 is 2.69. The first-order valence-corrected chi connectivity index (χ1v) is 6.12. The van der Waals surface area contributed by atoms with Gasteiger partial charge in [0.15, 0.2) is 5.69 Å². The molecular formula is C11H13N7O3. The largest absolute Gasteiger partial charge is 0.387 e. The molecule has 10 heteroatoms. The number of aliphatic hydroxyl groups excluding tert-OH is 1. The fourth-order valence-electron chi connectivity index (χ4n) is 2.36. The Morgan fingerprint density at radius 2 is 2.24 bits per heavy atom. The van der Waals surface area contributed by atoms with Gasteiger partial charge in [-0.2, -0.15) is 4.98 Å². The number of rotatable bonds is 2. The molecule has 2 atom stereocenters. The quantitative estimate of drug-likeness (QED) is 0.496. The second-order valence-electron chi connectivity index (χ2n) is 4.62. The molecule has 1 aliphatic heterocycles. The maximum Gasteiger partial charge on any atom is 0.351 e. The van der Waals surface area contributed by atoms with Crippen LogP contribution in [0.15, 0.2) is 23.4 Å². The van der Waals surface area contributed by atoms with Crippen molar-refractivity contribution in [2.24, 2.45) is 5.73 Å². The van der Waals surface area contributed by atoms with Crippen LogP contribution in [0.5, 0.6) is 0 Å². The SMILES string of the molecule is NC(=O)c1ncn2c1NCC(O)C2n1ccc(N)nc1=O. The zero-order chi connectivity index (χ0) is 15.1. The molecule has 1 aliphatic rings. The number of nitrogens with two attached hydrogens (primary N) is 2. The number of nitrogens with zero attached hydrogens (tertiary/aromatic N) is 4. The standard InChI is InChI=1S/C11H13N7O3/c12-6-1-2-17(11(21)16-6)10-5(19)3-14-9-7(8(13)20)15-4-18(9)10/h1-2,4-5,10,14,19H,3H2,(H2,13,20)(H2,12,16,21). The predicted molar refractivity (Wildman–Crippen MR) is 72.6 cm³/mol. The number of nitrogen functional groups attached to an aromatic ring is 1. The van der Waals surface area contributed by atoms with Crippen LogP contribution >= 0.6 is 0 Å². The average molecular weight is 291 g/mol. The molecule has 3 rings (SSSR count). The highest BCUT2D eigenvalue weighted by Gasteiger charge is 2.32. The van der Waals surface area contributed by atoms with Gasteiger partial charge in [-0.1, -0.05) is 0 Å². The van der Waals surface area contributed by atoms with Crippen LogP contribution in [0.3, 0.4) is 0 Å². The number of amides is 1. The molecule has 0 saturated carbocycles. The van der Waals surface area contributed by atoms with E-state index >= 15 is 0 Å². The van der Waals surface area contributed by atoms with Gasteiger partial charge in [0.1, 0.15) is 23.9 Å². The zero-order valence-corrected chi connectivity index (χ0v) is 10.8. The van der Waals surface area contributed by atoms with Crippen molar-refractivity contribution >= 4 is 17.5 Å². The molecule has 21 heavy (non-hydrogen) atoms. The summed E-state index contributed by atoms with van der Waals surface area (Å²) in [6.45, 7) is 0.132. The topological polar surface area (TPSA) is 154 Å². The molecule has 1 amide bonds. The minimum absolute atomic E-state index is 0.0448. The Bertz CT molecular complexity index is 765. The van der Waals surface area contributed by atoms with Crippen LogP contribution in [0.1, 0.15) is 16.7 Å². The Morgan fingerprint density at radius 3 is 2.90 bits per heavy atom. The highest BCUT2D eigenvalue weighted by atomic mass is 16.3. The number of nitrogens with one attached hydrogen (secondary N) is 1. The molecule has 0 saturated heterocycles. The van der Waals surface area contributed by atoms with Crippen molar-refractivity contribution < 1.29 is 9.90 Å². The number of anilines is 2. The van der Waals surface area contributed by atoms with Crippen molar-refractivity contribution in [3.8, 4) is 0 Å². The lowest BCUT2D eigenvalue weighted by molar-refractivity contribution is 0.0960. The van der Waals surface area contributed by atoms with E-state index in [1.807, 2.05) is 0 Å². The second kappa shape index (κ2) is 4.59. The van der Waals surface area contributed by atoms with Crippen LogP contribution in [0.25, 0.3) is 0 Å². The summed E-state index contributed by atoms with van der Waals surface area (Å²) >= 11 is 0. The van der Waals surface area contributed by atoms with Crippen molar-refractivity contribution in [2.75, 3.05) is 17.6 Å². The molecule has 110 valence electrons. The van der Waals surface area contributed by atoms with E-state index in [0.29, 0.717) is 5.82 Å². The summed E-state index contributed by atoms with van der Waals surface area (Å²) in [6.07, 6.45) is 1.05. The molecular weight excluding hydrogens is 278 g/mol. The first-order chi connectivity index (χ1) is 9.99. The van der Waals surface area contributed by atoms with Crippen molar-refractivity contribution in [1.82, 2.24) is 19.1 Å². The zero-order valence-electron chi connectivity index (χ0n) is 10.8. The Labute approximate surface area is 118 Å². The lowest BCUT2D eigenvalue weighted by Crippen LogP contribution is -2.44. The Hall–Kier alpha value is -2.88. The van der Waals surface area contributed by atoms with Crippen molar-refractivity contribution in [1.29, 1.82) is 0 Å². The monoisotopic (exact) mass is 291 g/mol. The molecule has 0 bridgehead atoms. The minimum Gasteiger partial charge on any atom is -0.387 e. The predicted octanol–water partition coefficient (Wildman–Crippen LogP) is -2.05. The Kier molecular flexibility index (Phi) is 2.87. The fourth-order valence-corrected chi connectivity index (χ4v) is 2.36. The summed E-state index contributed by atoms with van der Waals surface area (Å²) in [6, 6.07) is 1.45. The average Bonchev–Trinajstić information content (AvgIpc) is 2.84. The molecule has 3 heterocycles. The van der Waals surface area contributed by atoms with E-state index in [9.17, 15) is 14.7 Å². The lowest BCUT2D eigenvalue weighted by Gasteiger charge is -2.32. The first kappa shape index (κ1) is 13.1. The fraction of sp³-hybridized carbons (Fsp3) is 0.273. The number of carbonyl (C=O) groups excluding carboxylic acids is 1. The third-order valence-electron chi connectivity index (χ3n) is 3.27. The first-order valence-electron chi connectivity index (χ1n) is 6.12. The summed E-state index contributed by atoms with van der Waals surface area (Å²) in [7, 11) is 0. The molecule has 0 radical (unpaired) electrons. The van der Waals surface area contributed by atoms with E-state index < -0.39 is 23.9 Å².